The zero-order chi connectivity index (χ0) is 12.6. The lowest BCUT2D eigenvalue weighted by molar-refractivity contribution is 0.0996. The quantitative estimate of drug-likeness (QED) is 0.788. The van der Waals surface area contributed by atoms with E-state index in [1.165, 1.54) is 4.68 Å². The molecule has 0 radical (unpaired) electrons. The Balaban J connectivity index is 2.62. The summed E-state index contributed by atoms with van der Waals surface area (Å²) in [4.78, 5) is 11.0. The van der Waals surface area contributed by atoms with Gasteiger partial charge in [-0.3, -0.25) is 4.79 Å². The zero-order valence-electron chi connectivity index (χ0n) is 9.64. The Bertz CT molecular complexity index is 588. The van der Waals surface area contributed by atoms with Crippen LogP contribution in [0.4, 0.5) is 5.82 Å². The van der Waals surface area contributed by atoms with Gasteiger partial charge in [0.05, 0.1) is 5.69 Å². The normalized spacial score (nSPS) is 10.5. The highest BCUT2D eigenvalue weighted by molar-refractivity contribution is 5.95. The molecule has 17 heavy (non-hydrogen) atoms. The molecule has 88 valence electrons. The molecule has 1 heterocycles. The van der Waals surface area contributed by atoms with Gasteiger partial charge < -0.3 is 11.5 Å². The molecule has 0 spiro atoms. The van der Waals surface area contributed by atoms with Gasteiger partial charge in [-0.05, 0) is 31.0 Å². The summed E-state index contributed by atoms with van der Waals surface area (Å²) in [6.07, 6.45) is 0. The molecule has 1 amide bonds. The molecule has 0 bridgehead atoms. The number of nitrogens with zero attached hydrogens (tertiary/aromatic N) is 3. The van der Waals surface area contributed by atoms with Gasteiger partial charge in [0.1, 0.15) is 0 Å². The molecule has 0 aliphatic rings. The van der Waals surface area contributed by atoms with Crippen molar-refractivity contribution in [2.24, 2.45) is 5.73 Å². The highest BCUT2D eigenvalue weighted by Crippen LogP contribution is 2.20. The number of amides is 1. The second kappa shape index (κ2) is 3.89. The summed E-state index contributed by atoms with van der Waals surface area (Å²) in [5.74, 6) is -0.523. The Morgan fingerprint density at radius 1 is 1.35 bits per heavy atom. The van der Waals surface area contributed by atoms with Crippen LogP contribution in [0, 0.1) is 13.8 Å². The number of hydrogen-bond acceptors (Lipinski definition) is 4. The summed E-state index contributed by atoms with van der Waals surface area (Å²) in [5, 5.41) is 7.53. The van der Waals surface area contributed by atoms with Crippen molar-refractivity contribution in [1.29, 1.82) is 0 Å². The Labute approximate surface area is 98.2 Å². The van der Waals surface area contributed by atoms with E-state index in [9.17, 15) is 4.79 Å². The molecule has 0 saturated heterocycles. The number of carbonyl (C=O) groups excluding carboxylic acids is 1. The summed E-state index contributed by atoms with van der Waals surface area (Å²) >= 11 is 0. The Hall–Kier alpha value is -2.37. The molecular formula is C11H13N5O. The van der Waals surface area contributed by atoms with E-state index in [4.69, 9.17) is 11.5 Å². The fraction of sp³-hybridized carbons (Fsp3) is 0.182. The number of rotatable bonds is 2. The predicted molar refractivity (Wildman–Crippen MR) is 63.8 cm³/mol. The fourth-order valence-corrected chi connectivity index (χ4v) is 1.61. The van der Waals surface area contributed by atoms with Gasteiger partial charge in [0.15, 0.2) is 11.5 Å². The van der Waals surface area contributed by atoms with Crippen molar-refractivity contribution >= 4 is 11.7 Å². The van der Waals surface area contributed by atoms with E-state index in [1.807, 2.05) is 32.0 Å². The van der Waals surface area contributed by atoms with Crippen LogP contribution in [0.15, 0.2) is 18.2 Å². The summed E-state index contributed by atoms with van der Waals surface area (Å²) in [6, 6.07) is 5.74. The van der Waals surface area contributed by atoms with Crippen LogP contribution in [-0.4, -0.2) is 20.9 Å². The molecular weight excluding hydrogens is 218 g/mol. The summed E-state index contributed by atoms with van der Waals surface area (Å²) in [6.45, 7) is 3.94. The first-order chi connectivity index (χ1) is 8.02. The van der Waals surface area contributed by atoms with Crippen LogP contribution in [0.25, 0.3) is 5.69 Å². The van der Waals surface area contributed by atoms with Crippen LogP contribution >= 0.6 is 0 Å². The third-order valence-electron chi connectivity index (χ3n) is 2.74. The highest BCUT2D eigenvalue weighted by atomic mass is 16.1. The maximum Gasteiger partial charge on any atom is 0.273 e. The van der Waals surface area contributed by atoms with Gasteiger partial charge >= 0.3 is 0 Å². The Morgan fingerprint density at radius 2 is 2.06 bits per heavy atom. The zero-order valence-corrected chi connectivity index (χ0v) is 9.64. The minimum atomic E-state index is -0.681. The number of anilines is 1. The SMILES string of the molecule is Cc1cccc(-n2nnc(C(N)=O)c2N)c1C. The second-order valence-electron chi connectivity index (χ2n) is 3.82. The first kappa shape index (κ1) is 11.1. The lowest BCUT2D eigenvalue weighted by Gasteiger charge is -2.08. The molecule has 2 rings (SSSR count). The number of nitrogens with two attached hydrogens (primary N) is 2. The van der Waals surface area contributed by atoms with Crippen molar-refractivity contribution in [3.63, 3.8) is 0 Å². The highest BCUT2D eigenvalue weighted by Gasteiger charge is 2.16. The summed E-state index contributed by atoms with van der Waals surface area (Å²) < 4.78 is 1.42. The van der Waals surface area contributed by atoms with Gasteiger partial charge in [-0.25, -0.2) is 0 Å². The number of primary amides is 1. The largest absolute Gasteiger partial charge is 0.382 e. The molecule has 6 heteroatoms. The van der Waals surface area contributed by atoms with Crippen molar-refractivity contribution in [3.8, 4) is 5.69 Å². The monoisotopic (exact) mass is 231 g/mol. The summed E-state index contributed by atoms with van der Waals surface area (Å²) in [5.41, 5.74) is 13.9. The number of carbonyl (C=O) groups is 1. The van der Waals surface area contributed by atoms with E-state index >= 15 is 0 Å². The average Bonchev–Trinajstić information content (AvgIpc) is 2.64. The van der Waals surface area contributed by atoms with Gasteiger partial charge in [-0.1, -0.05) is 17.3 Å². The minimum Gasteiger partial charge on any atom is -0.382 e. The van der Waals surface area contributed by atoms with Crippen LogP contribution in [0.2, 0.25) is 0 Å². The van der Waals surface area contributed by atoms with E-state index in [2.05, 4.69) is 10.3 Å². The first-order valence-corrected chi connectivity index (χ1v) is 5.10. The van der Waals surface area contributed by atoms with Crippen LogP contribution in [0.1, 0.15) is 21.6 Å². The Morgan fingerprint density at radius 3 is 2.65 bits per heavy atom. The molecule has 6 nitrogen and oxygen atoms in total. The number of hydrogen-bond donors (Lipinski definition) is 2. The number of benzene rings is 1. The van der Waals surface area contributed by atoms with Crippen LogP contribution in [0.5, 0.6) is 0 Å². The smallest absolute Gasteiger partial charge is 0.273 e. The maximum atomic E-state index is 11.0. The lowest BCUT2D eigenvalue weighted by Crippen LogP contribution is -2.14. The van der Waals surface area contributed by atoms with Crippen molar-refractivity contribution < 1.29 is 4.79 Å². The minimum absolute atomic E-state index is 0.00842. The maximum absolute atomic E-state index is 11.0. The molecule has 0 fully saturated rings. The van der Waals surface area contributed by atoms with Crippen LogP contribution in [0.3, 0.4) is 0 Å². The van der Waals surface area contributed by atoms with Gasteiger partial charge in [-0.15, -0.1) is 5.10 Å². The third-order valence-corrected chi connectivity index (χ3v) is 2.74. The second-order valence-corrected chi connectivity index (χ2v) is 3.82. The van der Waals surface area contributed by atoms with E-state index in [1.54, 1.807) is 0 Å². The molecule has 0 atom stereocenters. The topological polar surface area (TPSA) is 99.8 Å². The van der Waals surface area contributed by atoms with E-state index in [0.717, 1.165) is 16.8 Å². The molecule has 1 aromatic carbocycles. The van der Waals surface area contributed by atoms with E-state index in [0.29, 0.717) is 0 Å². The van der Waals surface area contributed by atoms with Gasteiger partial charge in [0, 0.05) is 0 Å². The van der Waals surface area contributed by atoms with Gasteiger partial charge in [0.25, 0.3) is 5.91 Å². The number of nitrogen functional groups attached to an aromatic ring is 1. The number of aryl methyl sites for hydroxylation is 1. The molecule has 1 aromatic heterocycles. The molecule has 0 saturated carbocycles. The molecule has 0 unspecified atom stereocenters. The Kier molecular flexibility index (Phi) is 2.55. The van der Waals surface area contributed by atoms with Gasteiger partial charge in [-0.2, -0.15) is 4.68 Å². The standard InChI is InChI=1S/C11H13N5O/c1-6-4-3-5-8(7(6)2)16-10(12)9(11(13)17)14-15-16/h3-5H,12H2,1-2H3,(H2,13,17). The van der Waals surface area contributed by atoms with Crippen molar-refractivity contribution in [2.45, 2.75) is 13.8 Å². The third kappa shape index (κ3) is 1.73. The lowest BCUT2D eigenvalue weighted by atomic mass is 10.1. The molecule has 0 aliphatic heterocycles. The van der Waals surface area contributed by atoms with Crippen molar-refractivity contribution in [2.75, 3.05) is 5.73 Å². The van der Waals surface area contributed by atoms with Gasteiger partial charge in [0.2, 0.25) is 0 Å². The molecule has 4 N–H and O–H groups in total. The summed E-state index contributed by atoms with van der Waals surface area (Å²) in [7, 11) is 0. The van der Waals surface area contributed by atoms with Crippen LogP contribution < -0.4 is 11.5 Å². The molecule has 0 aliphatic carbocycles. The predicted octanol–water partition coefficient (Wildman–Crippen LogP) is 0.565. The van der Waals surface area contributed by atoms with Crippen molar-refractivity contribution in [1.82, 2.24) is 15.0 Å². The van der Waals surface area contributed by atoms with Crippen LogP contribution in [-0.2, 0) is 0 Å². The fourth-order valence-electron chi connectivity index (χ4n) is 1.61. The average molecular weight is 231 g/mol. The molecule has 2 aromatic rings. The number of aromatic nitrogens is 3. The van der Waals surface area contributed by atoms with Crippen molar-refractivity contribution in [3.05, 3.63) is 35.0 Å². The first-order valence-electron chi connectivity index (χ1n) is 5.10. The van der Waals surface area contributed by atoms with E-state index < -0.39 is 5.91 Å². The van der Waals surface area contributed by atoms with E-state index in [-0.39, 0.29) is 11.5 Å².